The van der Waals surface area contributed by atoms with Crippen LogP contribution >= 0.6 is 0 Å². The van der Waals surface area contributed by atoms with Crippen molar-refractivity contribution in [2.45, 2.75) is 46.1 Å². The zero-order valence-corrected chi connectivity index (χ0v) is 10.7. The van der Waals surface area contributed by atoms with Gasteiger partial charge in [0.25, 0.3) is 0 Å². The lowest BCUT2D eigenvalue weighted by Crippen LogP contribution is -2.47. The van der Waals surface area contributed by atoms with Gasteiger partial charge in [-0.25, -0.2) is 9.59 Å². The van der Waals surface area contributed by atoms with Gasteiger partial charge in [-0.1, -0.05) is 20.8 Å². The zero-order valence-electron chi connectivity index (χ0n) is 10.7. The van der Waals surface area contributed by atoms with Gasteiger partial charge in [-0.2, -0.15) is 0 Å². The number of carboxylic acid groups (broad SMARTS) is 1. The number of aliphatic carboxylic acids is 1. The lowest BCUT2D eigenvalue weighted by Gasteiger charge is -2.18. The van der Waals surface area contributed by atoms with E-state index in [4.69, 9.17) is 5.11 Å². The van der Waals surface area contributed by atoms with Crippen molar-refractivity contribution in [3.63, 3.8) is 0 Å². The van der Waals surface area contributed by atoms with Gasteiger partial charge in [0, 0.05) is 6.54 Å². The average Bonchev–Trinajstić information content (AvgIpc) is 2.93. The molecule has 1 aliphatic rings. The second kappa shape index (κ2) is 5.38. The first-order valence-electron chi connectivity index (χ1n) is 6.09. The highest BCUT2D eigenvalue weighted by Crippen LogP contribution is 2.43. The molecule has 0 unspecified atom stereocenters. The molecule has 0 aliphatic heterocycles. The molecule has 0 heterocycles. The summed E-state index contributed by atoms with van der Waals surface area (Å²) in [6, 6.07) is -1.19. The van der Waals surface area contributed by atoms with Crippen LogP contribution in [-0.2, 0) is 4.79 Å². The molecule has 0 aromatic carbocycles. The van der Waals surface area contributed by atoms with E-state index < -0.39 is 12.0 Å². The molecule has 1 aliphatic carbocycles. The molecule has 1 atom stereocenters. The molecule has 1 rings (SSSR count). The third-order valence-corrected chi connectivity index (χ3v) is 3.09. The highest BCUT2D eigenvalue weighted by atomic mass is 16.4. The van der Waals surface area contributed by atoms with Crippen LogP contribution in [0.2, 0.25) is 0 Å². The summed E-state index contributed by atoms with van der Waals surface area (Å²) in [5, 5.41) is 14.2. The molecule has 5 nitrogen and oxygen atoms in total. The van der Waals surface area contributed by atoms with Crippen molar-refractivity contribution < 1.29 is 14.7 Å². The lowest BCUT2D eigenvalue weighted by atomic mass is 10.0. The Hall–Kier alpha value is -1.26. The first kappa shape index (κ1) is 13.8. The summed E-state index contributed by atoms with van der Waals surface area (Å²) < 4.78 is 0. The van der Waals surface area contributed by atoms with Gasteiger partial charge in [0.2, 0.25) is 0 Å². The van der Waals surface area contributed by atoms with Gasteiger partial charge < -0.3 is 15.7 Å². The molecule has 0 radical (unpaired) electrons. The van der Waals surface area contributed by atoms with Crippen LogP contribution in [-0.4, -0.2) is 29.7 Å². The van der Waals surface area contributed by atoms with Crippen LogP contribution < -0.4 is 10.6 Å². The van der Waals surface area contributed by atoms with E-state index in [1.54, 1.807) is 0 Å². The number of carbonyl (C=O) groups excluding carboxylic acids is 1. The minimum Gasteiger partial charge on any atom is -0.480 e. The fourth-order valence-electron chi connectivity index (χ4n) is 1.59. The third-order valence-electron chi connectivity index (χ3n) is 3.09. The molecule has 98 valence electrons. The molecule has 0 aromatic rings. The molecule has 2 amide bonds. The topological polar surface area (TPSA) is 78.4 Å². The maximum atomic E-state index is 11.5. The number of nitrogens with one attached hydrogen (secondary N) is 2. The second-order valence-electron chi connectivity index (χ2n) is 5.66. The van der Waals surface area contributed by atoms with Crippen LogP contribution in [0.25, 0.3) is 0 Å². The Labute approximate surface area is 102 Å². The number of hydrogen-bond donors (Lipinski definition) is 3. The standard InChI is InChI=1S/C12H22N2O3/c1-8(2)6-9(10(15)16)14-11(17)13-7-12(3)4-5-12/h8-9H,4-7H2,1-3H3,(H,15,16)(H2,13,14,17)/t9-/m0/s1. The highest BCUT2D eigenvalue weighted by Gasteiger charge is 2.37. The molecule has 1 saturated carbocycles. The molecule has 0 saturated heterocycles. The van der Waals surface area contributed by atoms with Crippen LogP contribution in [0.3, 0.4) is 0 Å². The van der Waals surface area contributed by atoms with Crippen LogP contribution in [0.4, 0.5) is 4.79 Å². The quantitative estimate of drug-likeness (QED) is 0.661. The fraction of sp³-hybridized carbons (Fsp3) is 0.833. The van der Waals surface area contributed by atoms with Crippen molar-refractivity contribution in [3.05, 3.63) is 0 Å². The van der Waals surface area contributed by atoms with Crippen LogP contribution in [0, 0.1) is 11.3 Å². The van der Waals surface area contributed by atoms with Gasteiger partial charge >= 0.3 is 12.0 Å². The normalized spacial score (nSPS) is 18.6. The summed E-state index contributed by atoms with van der Waals surface area (Å²) in [5.74, 6) is -0.746. The highest BCUT2D eigenvalue weighted by molar-refractivity contribution is 5.82. The Bertz CT molecular complexity index is 298. The number of rotatable bonds is 6. The van der Waals surface area contributed by atoms with Crippen molar-refractivity contribution in [2.75, 3.05) is 6.54 Å². The molecule has 0 bridgehead atoms. The van der Waals surface area contributed by atoms with E-state index >= 15 is 0 Å². The summed E-state index contributed by atoms with van der Waals surface area (Å²) in [4.78, 5) is 22.5. The number of urea groups is 1. The Morgan fingerprint density at radius 2 is 1.94 bits per heavy atom. The Morgan fingerprint density at radius 1 is 1.35 bits per heavy atom. The van der Waals surface area contributed by atoms with Crippen LogP contribution in [0.15, 0.2) is 0 Å². The van der Waals surface area contributed by atoms with E-state index in [0.717, 1.165) is 12.8 Å². The fourth-order valence-corrected chi connectivity index (χ4v) is 1.59. The first-order valence-corrected chi connectivity index (χ1v) is 6.09. The first-order chi connectivity index (χ1) is 7.82. The van der Waals surface area contributed by atoms with Gasteiger partial charge in [0.15, 0.2) is 0 Å². The zero-order chi connectivity index (χ0) is 13.1. The second-order valence-corrected chi connectivity index (χ2v) is 5.66. The SMILES string of the molecule is CC(C)C[C@H](NC(=O)NCC1(C)CC1)C(=O)O. The summed E-state index contributed by atoms with van der Waals surface area (Å²) in [6.07, 6.45) is 2.70. The largest absolute Gasteiger partial charge is 0.480 e. The minimum atomic E-state index is -0.980. The minimum absolute atomic E-state index is 0.230. The van der Waals surface area contributed by atoms with E-state index in [0.29, 0.717) is 13.0 Å². The van der Waals surface area contributed by atoms with Gasteiger partial charge in [0.05, 0.1) is 0 Å². The van der Waals surface area contributed by atoms with Crippen molar-refractivity contribution in [1.29, 1.82) is 0 Å². The molecule has 0 aromatic heterocycles. The van der Waals surface area contributed by atoms with E-state index in [1.165, 1.54) is 0 Å². The van der Waals surface area contributed by atoms with Crippen molar-refractivity contribution in [1.82, 2.24) is 10.6 Å². The number of amides is 2. The number of carbonyl (C=O) groups is 2. The van der Waals surface area contributed by atoms with Crippen molar-refractivity contribution in [3.8, 4) is 0 Å². The number of hydrogen-bond acceptors (Lipinski definition) is 2. The van der Waals surface area contributed by atoms with E-state index in [1.807, 2.05) is 13.8 Å². The molecular formula is C12H22N2O3. The summed E-state index contributed by atoms with van der Waals surface area (Å²) in [6.45, 7) is 6.59. The maximum Gasteiger partial charge on any atom is 0.326 e. The van der Waals surface area contributed by atoms with Gasteiger partial charge in [0.1, 0.15) is 6.04 Å². The van der Waals surface area contributed by atoms with E-state index in [-0.39, 0.29) is 17.4 Å². The Morgan fingerprint density at radius 3 is 2.35 bits per heavy atom. The van der Waals surface area contributed by atoms with Gasteiger partial charge in [-0.15, -0.1) is 0 Å². The average molecular weight is 242 g/mol. The molecule has 5 heteroatoms. The predicted molar refractivity (Wildman–Crippen MR) is 64.8 cm³/mol. The van der Waals surface area contributed by atoms with Crippen LogP contribution in [0.1, 0.15) is 40.0 Å². The molecule has 0 spiro atoms. The monoisotopic (exact) mass is 242 g/mol. The Balaban J connectivity index is 2.32. The molecular weight excluding hydrogens is 220 g/mol. The molecule has 1 fully saturated rings. The summed E-state index contributed by atoms with van der Waals surface area (Å²) in [5.41, 5.74) is 0.230. The van der Waals surface area contributed by atoms with E-state index in [2.05, 4.69) is 17.6 Å². The van der Waals surface area contributed by atoms with Crippen molar-refractivity contribution in [2.24, 2.45) is 11.3 Å². The third kappa shape index (κ3) is 5.06. The van der Waals surface area contributed by atoms with E-state index in [9.17, 15) is 9.59 Å². The maximum absolute atomic E-state index is 11.5. The molecule has 17 heavy (non-hydrogen) atoms. The smallest absolute Gasteiger partial charge is 0.326 e. The summed E-state index contributed by atoms with van der Waals surface area (Å²) >= 11 is 0. The summed E-state index contributed by atoms with van der Waals surface area (Å²) in [7, 11) is 0. The van der Waals surface area contributed by atoms with Crippen molar-refractivity contribution >= 4 is 12.0 Å². The Kier molecular flexibility index (Phi) is 4.37. The van der Waals surface area contributed by atoms with Gasteiger partial charge in [-0.3, -0.25) is 0 Å². The molecule has 3 N–H and O–H groups in total. The lowest BCUT2D eigenvalue weighted by molar-refractivity contribution is -0.139. The predicted octanol–water partition coefficient (Wildman–Crippen LogP) is 1.59. The number of carboxylic acids is 1. The van der Waals surface area contributed by atoms with Gasteiger partial charge in [-0.05, 0) is 30.6 Å². The van der Waals surface area contributed by atoms with Crippen LogP contribution in [0.5, 0.6) is 0 Å².